The second-order valence-corrected chi connectivity index (χ2v) is 2.71. The van der Waals surface area contributed by atoms with Gasteiger partial charge in [0.25, 0.3) is 0 Å². The number of benzene rings is 1. The molecule has 0 N–H and O–H groups in total. The highest BCUT2D eigenvalue weighted by atomic mass is 27.0. The molecule has 1 aromatic carbocycles. The number of hydrogen-bond donors (Lipinski definition) is 0. The van der Waals surface area contributed by atoms with E-state index < -0.39 is 11.7 Å². The summed E-state index contributed by atoms with van der Waals surface area (Å²) in [6.07, 6.45) is -4.24. The topological polar surface area (TPSA) is 0 Å². The molecule has 0 amide bonds. The minimum atomic E-state index is -4.24. The first-order chi connectivity index (χ1) is 5.02. The predicted octanol–water partition coefficient (Wildman–Crippen LogP) is 1.50. The highest BCUT2D eigenvalue weighted by Gasteiger charge is 2.30. The van der Waals surface area contributed by atoms with Gasteiger partial charge in [-0.05, 0) is 0 Å². The van der Waals surface area contributed by atoms with E-state index in [2.05, 4.69) is 16.3 Å². The van der Waals surface area contributed by atoms with E-state index in [-0.39, 0.29) is 4.43 Å². The minimum absolute atomic E-state index is 0.181. The Morgan fingerprint density at radius 2 is 1.64 bits per heavy atom. The maximum Gasteiger partial charge on any atom is 0.415 e. The molecule has 0 aromatic heterocycles. The van der Waals surface area contributed by atoms with Crippen LogP contribution in [0.3, 0.4) is 0 Å². The summed E-state index contributed by atoms with van der Waals surface area (Å²) in [5, 5.41) is 0. The zero-order chi connectivity index (χ0) is 8.48. The van der Waals surface area contributed by atoms with Gasteiger partial charge >= 0.3 is 6.18 Å². The van der Waals surface area contributed by atoms with Crippen molar-refractivity contribution in [2.45, 2.75) is 6.18 Å². The van der Waals surface area contributed by atoms with Gasteiger partial charge in [-0.25, -0.2) is 0 Å². The quantitative estimate of drug-likeness (QED) is 0.520. The summed E-state index contributed by atoms with van der Waals surface area (Å²) in [5.74, 6) is 0. The molecule has 0 unspecified atom stereocenters. The van der Waals surface area contributed by atoms with E-state index in [1.54, 1.807) is 6.07 Å². The van der Waals surface area contributed by atoms with Gasteiger partial charge in [0.2, 0.25) is 0 Å². The Labute approximate surface area is 70.5 Å². The van der Waals surface area contributed by atoms with Gasteiger partial charge in [0.05, 0.1) is 0 Å². The molecule has 0 aliphatic carbocycles. The van der Waals surface area contributed by atoms with E-state index in [0.29, 0.717) is 0 Å². The van der Waals surface area contributed by atoms with Gasteiger partial charge in [-0.15, -0.1) is 4.43 Å². The third-order valence-electron chi connectivity index (χ3n) is 1.27. The van der Waals surface area contributed by atoms with Crippen molar-refractivity contribution in [3.05, 3.63) is 29.8 Å². The summed E-state index contributed by atoms with van der Waals surface area (Å²) >= 11 is 2.05. The van der Waals surface area contributed by atoms with Gasteiger partial charge in [-0.2, -0.15) is 13.2 Å². The highest BCUT2D eigenvalue weighted by Crippen LogP contribution is 2.26. The first-order valence-corrected chi connectivity index (χ1v) is 3.51. The van der Waals surface area contributed by atoms with Crippen molar-refractivity contribution in [3.8, 4) is 0 Å². The largest absolute Gasteiger partial charge is 0.415 e. The third kappa shape index (κ3) is 1.98. The van der Waals surface area contributed by atoms with Gasteiger partial charge in [0.1, 0.15) is 0 Å². The van der Waals surface area contributed by atoms with E-state index in [9.17, 15) is 13.2 Å². The van der Waals surface area contributed by atoms with Crippen LogP contribution in [0.25, 0.3) is 0 Å². The summed E-state index contributed by atoms with van der Waals surface area (Å²) in [6, 6.07) is 5.41. The molecule has 0 fully saturated rings. The maximum atomic E-state index is 12.0. The fraction of sp³-hybridized carbons (Fsp3) is 0.143. The van der Waals surface area contributed by atoms with Crippen molar-refractivity contribution in [3.63, 3.8) is 0 Å². The lowest BCUT2D eigenvalue weighted by molar-refractivity contribution is -0.136. The molecule has 0 atom stereocenters. The number of rotatable bonds is 0. The van der Waals surface area contributed by atoms with Crippen LogP contribution in [0.4, 0.5) is 13.2 Å². The molecule has 2 radical (unpaired) electrons. The zero-order valence-corrected chi connectivity index (χ0v) is 6.68. The zero-order valence-electron chi connectivity index (χ0n) is 5.52. The van der Waals surface area contributed by atoms with E-state index >= 15 is 0 Å². The lowest BCUT2D eigenvalue weighted by atomic mass is 10.2. The average molecular weight is 172 g/mol. The summed E-state index contributed by atoms with van der Waals surface area (Å²) in [7, 11) is 0. The molecule has 11 heavy (non-hydrogen) atoms. The third-order valence-corrected chi connectivity index (χ3v) is 1.77. The molecule has 0 spiro atoms. The lowest BCUT2D eigenvalue weighted by Crippen LogP contribution is -2.18. The SMILES string of the molecule is FC(F)(F)c1cccc[c]1[Al]. The molecular formula is C7H4AlF3. The minimum Gasteiger partial charge on any atom is -0.166 e. The molecule has 4 heteroatoms. The molecule has 0 bridgehead atoms. The van der Waals surface area contributed by atoms with Crippen LogP contribution in [0.2, 0.25) is 0 Å². The molecule has 0 aliphatic heterocycles. The van der Waals surface area contributed by atoms with Crippen LogP contribution in [0.15, 0.2) is 24.3 Å². The molecule has 0 saturated heterocycles. The van der Waals surface area contributed by atoms with E-state index in [4.69, 9.17) is 0 Å². The summed E-state index contributed by atoms with van der Waals surface area (Å²) in [6.45, 7) is 0. The fourth-order valence-electron chi connectivity index (χ4n) is 0.755. The Morgan fingerprint density at radius 3 is 2.00 bits per heavy atom. The number of halogens is 3. The van der Waals surface area contributed by atoms with Gasteiger partial charge in [0.15, 0.2) is 16.3 Å². The van der Waals surface area contributed by atoms with Gasteiger partial charge < -0.3 is 0 Å². The van der Waals surface area contributed by atoms with E-state index in [0.717, 1.165) is 6.07 Å². The second kappa shape index (κ2) is 2.88. The van der Waals surface area contributed by atoms with Crippen LogP contribution in [0.5, 0.6) is 0 Å². The van der Waals surface area contributed by atoms with Crippen molar-refractivity contribution in [1.29, 1.82) is 0 Å². The Kier molecular flexibility index (Phi) is 2.26. The van der Waals surface area contributed by atoms with Crippen molar-refractivity contribution in [2.24, 2.45) is 0 Å². The summed E-state index contributed by atoms with van der Waals surface area (Å²) in [5.41, 5.74) is -0.593. The second-order valence-electron chi connectivity index (χ2n) is 2.09. The fourth-order valence-corrected chi connectivity index (χ4v) is 1.13. The number of alkyl halides is 3. The molecule has 56 valence electrons. The normalized spacial score (nSPS) is 11.5. The lowest BCUT2D eigenvalue weighted by Gasteiger charge is -2.09. The molecule has 0 aliphatic rings. The van der Waals surface area contributed by atoms with Crippen molar-refractivity contribution >= 4 is 20.7 Å². The van der Waals surface area contributed by atoms with Crippen molar-refractivity contribution < 1.29 is 13.2 Å². The molecule has 0 nitrogen and oxygen atoms in total. The van der Waals surface area contributed by atoms with Gasteiger partial charge in [0, 0.05) is 5.56 Å². The molecular weight excluding hydrogens is 168 g/mol. The Bertz CT molecular complexity index is 254. The van der Waals surface area contributed by atoms with Crippen molar-refractivity contribution in [2.75, 3.05) is 0 Å². The van der Waals surface area contributed by atoms with Crippen LogP contribution in [0.1, 0.15) is 5.56 Å². The Hall–Kier alpha value is -0.458. The molecule has 0 saturated carbocycles. The van der Waals surface area contributed by atoms with Crippen LogP contribution < -0.4 is 4.43 Å². The molecule has 1 rings (SSSR count). The molecule has 1 aromatic rings. The van der Waals surface area contributed by atoms with Crippen LogP contribution in [-0.2, 0) is 6.18 Å². The summed E-state index contributed by atoms with van der Waals surface area (Å²) in [4.78, 5) is 0. The standard InChI is InChI=1S/C7H4F3.Al/c8-7(9,10)6-4-2-1-3-5-6;/h1-4H;. The Balaban J connectivity index is 3.14. The van der Waals surface area contributed by atoms with Crippen molar-refractivity contribution in [1.82, 2.24) is 0 Å². The number of hydrogen-bond acceptors (Lipinski definition) is 0. The molecule has 0 heterocycles. The first-order valence-electron chi connectivity index (χ1n) is 2.93. The average Bonchev–Trinajstić information content (AvgIpc) is 1.86. The maximum absolute atomic E-state index is 12.0. The highest BCUT2D eigenvalue weighted by molar-refractivity contribution is 6.33. The first kappa shape index (κ1) is 8.64. The smallest absolute Gasteiger partial charge is 0.166 e. The summed E-state index contributed by atoms with van der Waals surface area (Å²) < 4.78 is 36.3. The van der Waals surface area contributed by atoms with Gasteiger partial charge in [-0.1, -0.05) is 24.3 Å². The van der Waals surface area contributed by atoms with Gasteiger partial charge in [-0.3, -0.25) is 0 Å². The Morgan fingerprint density at radius 1 is 1.09 bits per heavy atom. The van der Waals surface area contributed by atoms with Crippen LogP contribution in [0, 0.1) is 0 Å². The predicted molar refractivity (Wildman–Crippen MR) is 36.8 cm³/mol. The monoisotopic (exact) mass is 172 g/mol. The van der Waals surface area contributed by atoms with Crippen LogP contribution in [-0.4, -0.2) is 16.3 Å². The van der Waals surface area contributed by atoms with E-state index in [1.807, 2.05) is 0 Å². The van der Waals surface area contributed by atoms with Crippen LogP contribution >= 0.6 is 0 Å². The van der Waals surface area contributed by atoms with E-state index in [1.165, 1.54) is 12.1 Å².